The van der Waals surface area contributed by atoms with Crippen molar-refractivity contribution < 1.29 is 14.3 Å². The Bertz CT molecular complexity index is 853. The van der Waals surface area contributed by atoms with Crippen molar-refractivity contribution in [3.05, 3.63) is 90.3 Å². The molecule has 144 valence electrons. The molecule has 2 aromatic carbocycles. The molecule has 0 radical (unpaired) electrons. The molecular weight excluding hydrogens is 354 g/mol. The summed E-state index contributed by atoms with van der Waals surface area (Å²) >= 11 is 0. The lowest BCUT2D eigenvalue weighted by Gasteiger charge is -2.07. The van der Waals surface area contributed by atoms with Crippen LogP contribution in [0.25, 0.3) is 0 Å². The maximum Gasteiger partial charge on any atom is 0.170 e. The monoisotopic (exact) mass is 377 g/mol. The Labute approximate surface area is 164 Å². The largest absolute Gasteiger partial charge is 0.493 e. The molecule has 28 heavy (non-hydrogen) atoms. The molecule has 0 aliphatic heterocycles. The zero-order chi connectivity index (χ0) is 19.4. The van der Waals surface area contributed by atoms with Gasteiger partial charge in [0, 0.05) is 29.9 Å². The van der Waals surface area contributed by atoms with Crippen molar-refractivity contribution in [1.29, 1.82) is 0 Å². The molecule has 0 saturated heterocycles. The summed E-state index contributed by atoms with van der Waals surface area (Å²) in [6.45, 7) is 1.45. The molecule has 6 heteroatoms. The fraction of sp³-hybridized carbons (Fsp3) is 0.182. The average Bonchev–Trinajstić information content (AvgIpc) is 2.76. The second-order valence-corrected chi connectivity index (χ2v) is 6.00. The van der Waals surface area contributed by atoms with E-state index in [2.05, 4.69) is 10.1 Å². The minimum atomic E-state index is 0.322. The highest BCUT2D eigenvalue weighted by molar-refractivity contribution is 5.97. The predicted octanol–water partition coefficient (Wildman–Crippen LogP) is 3.77. The third-order valence-electron chi connectivity index (χ3n) is 3.83. The van der Waals surface area contributed by atoms with Crippen LogP contribution in [0.5, 0.6) is 11.5 Å². The van der Waals surface area contributed by atoms with E-state index in [0.29, 0.717) is 32.1 Å². The Morgan fingerprint density at radius 3 is 2.39 bits per heavy atom. The lowest BCUT2D eigenvalue weighted by Crippen LogP contribution is -2.14. The number of ether oxygens (including phenoxy) is 2. The second kappa shape index (κ2) is 10.6. The predicted molar refractivity (Wildman–Crippen MR) is 108 cm³/mol. The number of hydrogen-bond donors (Lipinski definition) is 1. The number of para-hydroxylation sites is 1. The van der Waals surface area contributed by atoms with E-state index in [-0.39, 0.29) is 0 Å². The van der Waals surface area contributed by atoms with Crippen molar-refractivity contribution in [3.63, 3.8) is 0 Å². The molecule has 1 heterocycles. The molecule has 0 saturated carbocycles. The van der Waals surface area contributed by atoms with Crippen LogP contribution in [0.3, 0.4) is 0 Å². The van der Waals surface area contributed by atoms with Crippen molar-refractivity contribution in [2.24, 2.45) is 10.9 Å². The summed E-state index contributed by atoms with van der Waals surface area (Å²) in [7, 11) is 0. The first-order valence-corrected chi connectivity index (χ1v) is 9.07. The summed E-state index contributed by atoms with van der Waals surface area (Å²) < 4.78 is 11.3. The summed E-state index contributed by atoms with van der Waals surface area (Å²) in [5, 5.41) is 3.95. The number of pyridine rings is 1. The van der Waals surface area contributed by atoms with Crippen molar-refractivity contribution in [2.45, 2.75) is 13.0 Å². The number of oxime groups is 1. The lowest BCUT2D eigenvalue weighted by molar-refractivity contribution is 0.127. The van der Waals surface area contributed by atoms with Gasteiger partial charge in [-0.1, -0.05) is 29.4 Å². The maximum atomic E-state index is 5.96. The van der Waals surface area contributed by atoms with Crippen molar-refractivity contribution in [2.75, 3.05) is 13.2 Å². The van der Waals surface area contributed by atoms with Gasteiger partial charge in [0.2, 0.25) is 0 Å². The Hall–Kier alpha value is -3.54. The third kappa shape index (κ3) is 6.32. The number of aromatic nitrogens is 1. The molecular formula is C22H23N3O3. The van der Waals surface area contributed by atoms with Gasteiger partial charge in [-0.25, -0.2) is 0 Å². The summed E-state index contributed by atoms with van der Waals surface area (Å²) in [6.07, 6.45) is 4.23. The molecule has 0 bridgehead atoms. The molecule has 2 N–H and O–H groups in total. The minimum absolute atomic E-state index is 0.322. The Morgan fingerprint density at radius 2 is 1.64 bits per heavy atom. The van der Waals surface area contributed by atoms with Crippen molar-refractivity contribution >= 4 is 5.84 Å². The van der Waals surface area contributed by atoms with Crippen LogP contribution < -0.4 is 15.2 Å². The van der Waals surface area contributed by atoms with E-state index in [1.54, 1.807) is 12.4 Å². The van der Waals surface area contributed by atoms with E-state index in [1.807, 2.05) is 66.7 Å². The average molecular weight is 377 g/mol. The number of nitrogens with zero attached hydrogens (tertiary/aromatic N) is 2. The first-order chi connectivity index (χ1) is 13.8. The van der Waals surface area contributed by atoms with Gasteiger partial charge in [-0.3, -0.25) is 4.98 Å². The topological polar surface area (TPSA) is 79.0 Å². The highest BCUT2D eigenvalue weighted by Crippen LogP contribution is 2.14. The number of amidine groups is 1. The molecule has 0 amide bonds. The fourth-order valence-electron chi connectivity index (χ4n) is 2.37. The highest BCUT2D eigenvalue weighted by Gasteiger charge is 2.01. The molecule has 0 spiro atoms. The van der Waals surface area contributed by atoms with Crippen LogP contribution in [0, 0.1) is 0 Å². The third-order valence-corrected chi connectivity index (χ3v) is 3.83. The van der Waals surface area contributed by atoms with Gasteiger partial charge < -0.3 is 20.0 Å². The molecule has 0 unspecified atom stereocenters. The van der Waals surface area contributed by atoms with Crippen LogP contribution in [-0.2, 0) is 11.4 Å². The zero-order valence-electron chi connectivity index (χ0n) is 15.5. The number of rotatable bonds is 10. The summed E-state index contributed by atoms with van der Waals surface area (Å²) in [5.41, 5.74) is 7.74. The highest BCUT2D eigenvalue weighted by atomic mass is 16.6. The molecule has 0 atom stereocenters. The van der Waals surface area contributed by atoms with Crippen LogP contribution in [0.4, 0.5) is 0 Å². The van der Waals surface area contributed by atoms with E-state index < -0.39 is 0 Å². The first kappa shape index (κ1) is 19.2. The SMILES string of the molecule is NC(=NOCCCOc1ccccc1)c1ccc(OCc2cccnc2)cc1. The molecule has 0 fully saturated rings. The van der Waals surface area contributed by atoms with E-state index >= 15 is 0 Å². The number of benzene rings is 2. The smallest absolute Gasteiger partial charge is 0.170 e. The molecule has 6 nitrogen and oxygen atoms in total. The van der Waals surface area contributed by atoms with E-state index in [0.717, 1.165) is 22.6 Å². The van der Waals surface area contributed by atoms with E-state index in [4.69, 9.17) is 20.0 Å². The quantitative estimate of drug-likeness (QED) is 0.252. The Kier molecular flexibility index (Phi) is 7.26. The molecule has 0 aliphatic rings. The Balaban J connectivity index is 1.38. The first-order valence-electron chi connectivity index (χ1n) is 9.07. The standard InChI is InChI=1S/C22H23N3O3/c23-22(25-28-15-5-14-26-20-7-2-1-3-8-20)19-9-11-21(12-10-19)27-17-18-6-4-13-24-16-18/h1-4,6-13,16H,5,14-15,17H2,(H2,23,25). The van der Waals surface area contributed by atoms with Crippen LogP contribution in [0.2, 0.25) is 0 Å². The number of nitrogens with two attached hydrogens (primary N) is 1. The van der Waals surface area contributed by atoms with E-state index in [1.165, 1.54) is 0 Å². The fourth-order valence-corrected chi connectivity index (χ4v) is 2.37. The van der Waals surface area contributed by atoms with Gasteiger partial charge in [-0.15, -0.1) is 0 Å². The van der Waals surface area contributed by atoms with Crippen LogP contribution >= 0.6 is 0 Å². The van der Waals surface area contributed by atoms with Gasteiger partial charge in [0.1, 0.15) is 24.7 Å². The molecule has 0 aliphatic carbocycles. The number of hydrogen-bond acceptors (Lipinski definition) is 5. The molecule has 1 aromatic heterocycles. The van der Waals surface area contributed by atoms with Gasteiger partial charge in [-0.05, 0) is 42.5 Å². The summed E-state index contributed by atoms with van der Waals surface area (Å²) in [6, 6.07) is 20.9. The van der Waals surface area contributed by atoms with Crippen LogP contribution in [0.1, 0.15) is 17.5 Å². The van der Waals surface area contributed by atoms with Gasteiger partial charge >= 0.3 is 0 Å². The summed E-state index contributed by atoms with van der Waals surface area (Å²) in [4.78, 5) is 9.33. The molecule has 3 rings (SSSR count). The van der Waals surface area contributed by atoms with Crippen LogP contribution in [0.15, 0.2) is 84.3 Å². The zero-order valence-corrected chi connectivity index (χ0v) is 15.5. The van der Waals surface area contributed by atoms with Gasteiger partial charge in [0.25, 0.3) is 0 Å². The Morgan fingerprint density at radius 1 is 0.857 bits per heavy atom. The van der Waals surface area contributed by atoms with Gasteiger partial charge in [0.05, 0.1) is 6.61 Å². The normalized spacial score (nSPS) is 11.1. The van der Waals surface area contributed by atoms with Gasteiger partial charge in [-0.2, -0.15) is 0 Å². The minimum Gasteiger partial charge on any atom is -0.493 e. The van der Waals surface area contributed by atoms with Crippen molar-refractivity contribution in [1.82, 2.24) is 4.98 Å². The van der Waals surface area contributed by atoms with Crippen LogP contribution in [-0.4, -0.2) is 24.0 Å². The van der Waals surface area contributed by atoms with E-state index in [9.17, 15) is 0 Å². The van der Waals surface area contributed by atoms with Gasteiger partial charge in [0.15, 0.2) is 5.84 Å². The maximum absolute atomic E-state index is 5.96. The van der Waals surface area contributed by atoms with Crippen molar-refractivity contribution in [3.8, 4) is 11.5 Å². The lowest BCUT2D eigenvalue weighted by atomic mass is 10.2. The summed E-state index contributed by atoms with van der Waals surface area (Å²) in [5.74, 6) is 1.92. The second-order valence-electron chi connectivity index (χ2n) is 6.00. The molecule has 3 aromatic rings.